The van der Waals surface area contributed by atoms with Crippen molar-refractivity contribution < 1.29 is 4.79 Å². The Morgan fingerprint density at radius 2 is 2.00 bits per heavy atom. The van der Waals surface area contributed by atoms with E-state index in [9.17, 15) is 4.79 Å². The number of carbonyl (C=O) groups is 1. The van der Waals surface area contributed by atoms with Crippen LogP contribution in [0.5, 0.6) is 0 Å². The molecule has 100 valence electrons. The number of benzene rings is 1. The van der Waals surface area contributed by atoms with Crippen molar-refractivity contribution in [2.45, 2.75) is 39.5 Å². The van der Waals surface area contributed by atoms with Crippen molar-refractivity contribution in [2.24, 2.45) is 0 Å². The van der Waals surface area contributed by atoms with E-state index in [0.29, 0.717) is 23.7 Å². The first-order valence-electron chi connectivity index (χ1n) is 6.30. The summed E-state index contributed by atoms with van der Waals surface area (Å²) in [6, 6.07) is 3.87. The molecule has 0 radical (unpaired) electrons. The molecule has 0 unspecified atom stereocenters. The molecule has 0 saturated heterocycles. The Bertz CT molecular complexity index is 419. The fourth-order valence-electron chi connectivity index (χ4n) is 1.90. The number of hydrogen-bond donors (Lipinski definition) is 1. The molecule has 1 rings (SSSR count). The predicted molar refractivity (Wildman–Crippen MR) is 78.8 cm³/mol. The average molecular weight is 288 g/mol. The van der Waals surface area contributed by atoms with Gasteiger partial charge in [-0.2, -0.15) is 0 Å². The van der Waals surface area contributed by atoms with Crippen molar-refractivity contribution in [2.75, 3.05) is 11.2 Å². The van der Waals surface area contributed by atoms with Crippen LogP contribution in [0.3, 0.4) is 0 Å². The summed E-state index contributed by atoms with van der Waals surface area (Å²) < 4.78 is 0. The molecule has 18 heavy (non-hydrogen) atoms. The second kappa shape index (κ2) is 7.65. The number of rotatable bonds is 6. The van der Waals surface area contributed by atoms with Crippen molar-refractivity contribution >= 4 is 34.8 Å². The molecule has 0 aliphatic heterocycles. The van der Waals surface area contributed by atoms with Gasteiger partial charge in [-0.15, -0.1) is 11.6 Å². The van der Waals surface area contributed by atoms with E-state index in [-0.39, 0.29) is 5.91 Å². The molecule has 0 aliphatic carbocycles. The number of hydrogen-bond acceptors (Lipinski definition) is 1. The zero-order valence-corrected chi connectivity index (χ0v) is 12.4. The van der Waals surface area contributed by atoms with Crippen molar-refractivity contribution in [1.82, 2.24) is 0 Å². The number of amides is 1. The fraction of sp³-hybridized carbons (Fsp3) is 0.500. The zero-order chi connectivity index (χ0) is 13.5. The maximum Gasteiger partial charge on any atom is 0.224 e. The molecule has 0 atom stereocenters. The molecule has 1 aromatic carbocycles. The molecular formula is C14H19Cl2NO. The lowest BCUT2D eigenvalue weighted by Gasteiger charge is -2.15. The smallest absolute Gasteiger partial charge is 0.224 e. The Morgan fingerprint density at radius 3 is 2.56 bits per heavy atom. The third-order valence-corrected chi connectivity index (χ3v) is 3.50. The van der Waals surface area contributed by atoms with Crippen LogP contribution in [0.25, 0.3) is 0 Å². The summed E-state index contributed by atoms with van der Waals surface area (Å²) in [7, 11) is 0. The van der Waals surface area contributed by atoms with Crippen molar-refractivity contribution in [3.8, 4) is 0 Å². The second-order valence-corrected chi connectivity index (χ2v) is 4.89. The Balaban J connectivity index is 2.97. The van der Waals surface area contributed by atoms with E-state index in [1.165, 1.54) is 0 Å². The topological polar surface area (TPSA) is 29.1 Å². The van der Waals surface area contributed by atoms with Crippen LogP contribution < -0.4 is 5.32 Å². The molecule has 4 heteroatoms. The first-order chi connectivity index (χ1) is 8.63. The molecule has 0 fully saturated rings. The molecule has 2 nitrogen and oxygen atoms in total. The number of anilines is 1. The number of halogens is 2. The first-order valence-corrected chi connectivity index (χ1v) is 7.21. The zero-order valence-electron chi connectivity index (χ0n) is 10.9. The van der Waals surface area contributed by atoms with E-state index in [2.05, 4.69) is 12.2 Å². The molecule has 0 spiro atoms. The molecular weight excluding hydrogens is 269 g/mol. The van der Waals surface area contributed by atoms with Crippen LogP contribution in [0.2, 0.25) is 5.02 Å². The largest absolute Gasteiger partial charge is 0.326 e. The Morgan fingerprint density at radius 1 is 1.28 bits per heavy atom. The van der Waals surface area contributed by atoms with Gasteiger partial charge in [0.05, 0.1) is 0 Å². The standard InChI is InChI=1S/C14H19Cl2NO/c1-3-10-7-8-12(16)11(4-2)14(10)17-13(18)6-5-9-15/h7-8H,3-6,9H2,1-2H3,(H,17,18). The Labute approximate surface area is 119 Å². The summed E-state index contributed by atoms with van der Waals surface area (Å²) in [5, 5.41) is 3.69. The molecule has 0 heterocycles. The highest BCUT2D eigenvalue weighted by Gasteiger charge is 2.12. The summed E-state index contributed by atoms with van der Waals surface area (Å²) in [5.74, 6) is 0.506. The monoisotopic (exact) mass is 287 g/mol. The van der Waals surface area contributed by atoms with Gasteiger partial charge in [-0.1, -0.05) is 31.5 Å². The highest BCUT2D eigenvalue weighted by molar-refractivity contribution is 6.32. The van der Waals surface area contributed by atoms with Gasteiger partial charge >= 0.3 is 0 Å². The van der Waals surface area contributed by atoms with Crippen LogP contribution in [0.1, 0.15) is 37.8 Å². The lowest BCUT2D eigenvalue weighted by Crippen LogP contribution is -2.14. The van der Waals surface area contributed by atoms with Gasteiger partial charge in [-0.25, -0.2) is 0 Å². The van der Waals surface area contributed by atoms with Crippen LogP contribution in [0.4, 0.5) is 5.69 Å². The Hall–Kier alpha value is -0.730. The minimum absolute atomic E-state index is 0.00215. The van der Waals surface area contributed by atoms with Crippen molar-refractivity contribution in [1.29, 1.82) is 0 Å². The lowest BCUT2D eigenvalue weighted by molar-refractivity contribution is -0.116. The molecule has 0 bridgehead atoms. The van der Waals surface area contributed by atoms with Crippen LogP contribution >= 0.6 is 23.2 Å². The van der Waals surface area contributed by atoms with Crippen LogP contribution in [0, 0.1) is 0 Å². The van der Waals surface area contributed by atoms with Gasteiger partial charge in [-0.05, 0) is 36.5 Å². The summed E-state index contributed by atoms with van der Waals surface area (Å²) in [6.07, 6.45) is 2.81. The quantitative estimate of drug-likeness (QED) is 0.771. The molecule has 1 N–H and O–H groups in total. The van der Waals surface area contributed by atoms with E-state index < -0.39 is 0 Å². The Kier molecular flexibility index (Phi) is 6.51. The van der Waals surface area contributed by atoms with Crippen LogP contribution in [-0.2, 0) is 17.6 Å². The molecule has 0 saturated carbocycles. The third kappa shape index (κ3) is 3.89. The fourth-order valence-corrected chi connectivity index (χ4v) is 2.32. The van der Waals surface area contributed by atoms with Gasteiger partial charge in [0.25, 0.3) is 0 Å². The predicted octanol–water partition coefficient (Wildman–Crippen LogP) is 4.42. The van der Waals surface area contributed by atoms with Crippen LogP contribution in [0.15, 0.2) is 12.1 Å². The van der Waals surface area contributed by atoms with E-state index in [1.807, 2.05) is 19.1 Å². The summed E-state index contributed by atoms with van der Waals surface area (Å²) >= 11 is 11.8. The van der Waals surface area contributed by atoms with E-state index >= 15 is 0 Å². The van der Waals surface area contributed by atoms with E-state index in [1.54, 1.807) is 0 Å². The van der Waals surface area contributed by atoms with Gasteiger partial charge in [0.2, 0.25) is 5.91 Å². The van der Waals surface area contributed by atoms with Gasteiger partial charge in [-0.3, -0.25) is 4.79 Å². The van der Waals surface area contributed by atoms with Gasteiger partial charge in [0, 0.05) is 23.0 Å². The van der Waals surface area contributed by atoms with Crippen molar-refractivity contribution in [3.05, 3.63) is 28.3 Å². The van der Waals surface area contributed by atoms with Crippen molar-refractivity contribution in [3.63, 3.8) is 0 Å². The minimum atomic E-state index is 0.00215. The summed E-state index contributed by atoms with van der Waals surface area (Å²) in [6.45, 7) is 4.10. The first kappa shape index (κ1) is 15.3. The van der Waals surface area contributed by atoms with E-state index in [0.717, 1.165) is 29.7 Å². The lowest BCUT2D eigenvalue weighted by atomic mass is 10.0. The highest BCUT2D eigenvalue weighted by Crippen LogP contribution is 2.29. The SMILES string of the molecule is CCc1ccc(Cl)c(CC)c1NC(=O)CCCCl. The van der Waals surface area contributed by atoms with Gasteiger partial charge in [0.15, 0.2) is 0 Å². The minimum Gasteiger partial charge on any atom is -0.326 e. The maximum atomic E-state index is 11.8. The average Bonchev–Trinajstić information content (AvgIpc) is 2.37. The highest BCUT2D eigenvalue weighted by atomic mass is 35.5. The molecule has 1 amide bonds. The molecule has 1 aromatic rings. The molecule has 0 aromatic heterocycles. The van der Waals surface area contributed by atoms with E-state index in [4.69, 9.17) is 23.2 Å². The summed E-state index contributed by atoms with van der Waals surface area (Å²) in [4.78, 5) is 11.8. The van der Waals surface area contributed by atoms with Crippen LogP contribution in [-0.4, -0.2) is 11.8 Å². The number of alkyl halides is 1. The molecule has 0 aliphatic rings. The normalized spacial score (nSPS) is 10.4. The van der Waals surface area contributed by atoms with Gasteiger partial charge in [0.1, 0.15) is 0 Å². The second-order valence-electron chi connectivity index (χ2n) is 4.11. The summed E-state index contributed by atoms with van der Waals surface area (Å²) in [5.41, 5.74) is 3.01. The third-order valence-electron chi connectivity index (χ3n) is 2.88. The number of carbonyl (C=O) groups excluding carboxylic acids is 1. The maximum absolute atomic E-state index is 11.8. The van der Waals surface area contributed by atoms with Gasteiger partial charge < -0.3 is 5.32 Å². The number of aryl methyl sites for hydroxylation is 1. The number of nitrogens with one attached hydrogen (secondary N) is 1.